The normalized spacial score (nSPS) is 10.7. The molecule has 0 radical (unpaired) electrons. The molecule has 0 spiro atoms. The van der Waals surface area contributed by atoms with E-state index >= 15 is 0 Å². The Labute approximate surface area is 121 Å². The van der Waals surface area contributed by atoms with E-state index in [1.807, 2.05) is 42.1 Å². The summed E-state index contributed by atoms with van der Waals surface area (Å²) in [5.41, 5.74) is 2.47. The molecule has 3 rings (SSSR count). The van der Waals surface area contributed by atoms with Gasteiger partial charge in [-0.1, -0.05) is 11.6 Å². The molecule has 2 aromatic carbocycles. The highest BCUT2D eigenvalue weighted by atomic mass is 35.5. The highest BCUT2D eigenvalue weighted by Crippen LogP contribution is 2.18. The summed E-state index contributed by atoms with van der Waals surface area (Å²) in [6.07, 6.45) is 1.98. The molecule has 0 unspecified atom stereocenters. The van der Waals surface area contributed by atoms with Crippen LogP contribution in [0.5, 0.6) is 0 Å². The summed E-state index contributed by atoms with van der Waals surface area (Å²) in [6.45, 7) is 0. The maximum Gasteiger partial charge on any atom is 0.255 e. The molecule has 0 aliphatic carbocycles. The predicted octanol–water partition coefficient (Wildman–Crippen LogP) is 4.08. The van der Waals surface area contributed by atoms with Gasteiger partial charge in [0.25, 0.3) is 5.91 Å². The first-order valence-electron chi connectivity index (χ1n) is 6.25. The van der Waals surface area contributed by atoms with Gasteiger partial charge in [-0.05, 0) is 48.5 Å². The van der Waals surface area contributed by atoms with Gasteiger partial charge in [-0.3, -0.25) is 4.79 Å². The van der Waals surface area contributed by atoms with Crippen molar-refractivity contribution in [2.45, 2.75) is 0 Å². The number of fused-ring (bicyclic) bond motifs is 1. The first kappa shape index (κ1) is 12.8. The third-order valence-corrected chi connectivity index (χ3v) is 3.50. The number of nitrogens with zero attached hydrogens (tertiary/aromatic N) is 1. The van der Waals surface area contributed by atoms with Gasteiger partial charge < -0.3 is 9.88 Å². The molecule has 1 heterocycles. The van der Waals surface area contributed by atoms with Gasteiger partial charge in [0.2, 0.25) is 0 Å². The van der Waals surface area contributed by atoms with E-state index in [2.05, 4.69) is 5.32 Å². The van der Waals surface area contributed by atoms with Crippen LogP contribution in [0.4, 0.5) is 5.69 Å². The fourth-order valence-corrected chi connectivity index (χ4v) is 2.29. The number of anilines is 1. The molecule has 0 saturated heterocycles. The number of halogens is 1. The third-order valence-electron chi connectivity index (χ3n) is 3.25. The minimum atomic E-state index is -0.127. The average Bonchev–Trinajstić information content (AvgIpc) is 2.82. The highest BCUT2D eigenvalue weighted by Gasteiger charge is 2.08. The molecule has 3 nitrogen and oxygen atoms in total. The van der Waals surface area contributed by atoms with Crippen LogP contribution in [0.2, 0.25) is 5.02 Å². The first-order chi connectivity index (χ1) is 9.63. The van der Waals surface area contributed by atoms with Crippen molar-refractivity contribution in [3.8, 4) is 0 Å². The van der Waals surface area contributed by atoms with Gasteiger partial charge >= 0.3 is 0 Å². The molecule has 100 valence electrons. The zero-order chi connectivity index (χ0) is 14.1. The van der Waals surface area contributed by atoms with Crippen LogP contribution in [0.3, 0.4) is 0 Å². The lowest BCUT2D eigenvalue weighted by molar-refractivity contribution is 0.102. The maximum atomic E-state index is 12.2. The van der Waals surface area contributed by atoms with Crippen LogP contribution in [0.25, 0.3) is 10.9 Å². The van der Waals surface area contributed by atoms with Crippen molar-refractivity contribution in [2.24, 2.45) is 7.05 Å². The monoisotopic (exact) mass is 284 g/mol. The molecule has 4 heteroatoms. The van der Waals surface area contributed by atoms with Gasteiger partial charge in [0, 0.05) is 40.4 Å². The number of aromatic nitrogens is 1. The quantitative estimate of drug-likeness (QED) is 0.756. The molecule has 0 aliphatic rings. The van der Waals surface area contributed by atoms with E-state index in [1.165, 1.54) is 0 Å². The second kappa shape index (κ2) is 5.02. The van der Waals surface area contributed by atoms with Gasteiger partial charge in [-0.25, -0.2) is 0 Å². The van der Waals surface area contributed by atoms with Gasteiger partial charge in [0.05, 0.1) is 0 Å². The van der Waals surface area contributed by atoms with Crippen LogP contribution >= 0.6 is 11.6 Å². The van der Waals surface area contributed by atoms with Crippen molar-refractivity contribution >= 4 is 34.1 Å². The summed E-state index contributed by atoms with van der Waals surface area (Å²) >= 11 is 5.82. The third kappa shape index (κ3) is 2.40. The number of benzene rings is 2. The van der Waals surface area contributed by atoms with Gasteiger partial charge in [0.15, 0.2) is 0 Å². The van der Waals surface area contributed by atoms with Crippen molar-refractivity contribution in [3.05, 3.63) is 65.3 Å². The average molecular weight is 285 g/mol. The van der Waals surface area contributed by atoms with E-state index < -0.39 is 0 Å². The van der Waals surface area contributed by atoms with Gasteiger partial charge in [-0.2, -0.15) is 0 Å². The SMILES string of the molecule is Cn1ccc2cc(C(=O)Nc3ccc(Cl)cc3)ccc21. The lowest BCUT2D eigenvalue weighted by Gasteiger charge is -2.06. The summed E-state index contributed by atoms with van der Waals surface area (Å²) in [6, 6.07) is 14.7. The van der Waals surface area contributed by atoms with Gasteiger partial charge in [0.1, 0.15) is 0 Å². The fourth-order valence-electron chi connectivity index (χ4n) is 2.16. The van der Waals surface area contributed by atoms with Crippen LogP contribution in [-0.2, 0) is 7.05 Å². The number of carbonyl (C=O) groups is 1. The Bertz CT molecular complexity index is 775. The number of aryl methyl sites for hydroxylation is 1. The second-order valence-electron chi connectivity index (χ2n) is 4.66. The largest absolute Gasteiger partial charge is 0.351 e. The molecule has 0 aliphatic heterocycles. The topological polar surface area (TPSA) is 34.0 Å². The second-order valence-corrected chi connectivity index (χ2v) is 5.10. The number of carbonyl (C=O) groups excluding carboxylic acids is 1. The minimum absolute atomic E-state index is 0.127. The lowest BCUT2D eigenvalue weighted by Crippen LogP contribution is -2.11. The summed E-state index contributed by atoms with van der Waals surface area (Å²) in [4.78, 5) is 12.2. The lowest BCUT2D eigenvalue weighted by atomic mass is 10.1. The summed E-state index contributed by atoms with van der Waals surface area (Å²) in [7, 11) is 1.98. The Morgan fingerprint density at radius 2 is 1.85 bits per heavy atom. The number of rotatable bonds is 2. The molecule has 1 N–H and O–H groups in total. The predicted molar refractivity (Wildman–Crippen MR) is 82.3 cm³/mol. The Balaban J connectivity index is 1.86. The van der Waals surface area contributed by atoms with E-state index in [1.54, 1.807) is 24.3 Å². The summed E-state index contributed by atoms with van der Waals surface area (Å²) < 4.78 is 2.02. The Morgan fingerprint density at radius 3 is 2.60 bits per heavy atom. The van der Waals surface area contributed by atoms with Crippen LogP contribution in [0, 0.1) is 0 Å². The van der Waals surface area contributed by atoms with Crippen molar-refractivity contribution < 1.29 is 4.79 Å². The molecule has 0 atom stereocenters. The molecule has 20 heavy (non-hydrogen) atoms. The van der Waals surface area contributed by atoms with Crippen molar-refractivity contribution in [2.75, 3.05) is 5.32 Å². The number of nitrogens with one attached hydrogen (secondary N) is 1. The number of hydrogen-bond acceptors (Lipinski definition) is 1. The van der Waals surface area contributed by atoms with Crippen molar-refractivity contribution in [1.82, 2.24) is 4.57 Å². The maximum absolute atomic E-state index is 12.2. The Kier molecular flexibility index (Phi) is 3.20. The molecular weight excluding hydrogens is 272 g/mol. The number of amides is 1. The standard InChI is InChI=1S/C16H13ClN2O/c1-19-9-8-11-10-12(2-7-15(11)19)16(20)18-14-5-3-13(17)4-6-14/h2-10H,1H3,(H,18,20). The number of hydrogen-bond donors (Lipinski definition) is 1. The first-order valence-corrected chi connectivity index (χ1v) is 6.63. The zero-order valence-electron chi connectivity index (χ0n) is 10.9. The van der Waals surface area contributed by atoms with Crippen molar-refractivity contribution in [1.29, 1.82) is 0 Å². The molecule has 0 bridgehead atoms. The van der Waals surface area contributed by atoms with E-state index in [0.717, 1.165) is 16.6 Å². The molecule has 0 fully saturated rings. The molecule has 3 aromatic rings. The Morgan fingerprint density at radius 1 is 1.10 bits per heavy atom. The van der Waals surface area contributed by atoms with Crippen LogP contribution in [0.1, 0.15) is 10.4 Å². The smallest absolute Gasteiger partial charge is 0.255 e. The van der Waals surface area contributed by atoms with E-state index in [9.17, 15) is 4.79 Å². The summed E-state index contributed by atoms with van der Waals surface area (Å²) in [5.74, 6) is -0.127. The van der Waals surface area contributed by atoms with Crippen LogP contribution in [-0.4, -0.2) is 10.5 Å². The van der Waals surface area contributed by atoms with Crippen LogP contribution < -0.4 is 5.32 Å². The van der Waals surface area contributed by atoms with E-state index in [4.69, 9.17) is 11.6 Å². The molecule has 0 saturated carbocycles. The summed E-state index contributed by atoms with van der Waals surface area (Å²) in [5, 5.41) is 4.55. The minimum Gasteiger partial charge on any atom is -0.351 e. The zero-order valence-corrected chi connectivity index (χ0v) is 11.7. The van der Waals surface area contributed by atoms with Crippen LogP contribution in [0.15, 0.2) is 54.7 Å². The molecular formula is C16H13ClN2O. The van der Waals surface area contributed by atoms with Gasteiger partial charge in [-0.15, -0.1) is 0 Å². The van der Waals surface area contributed by atoms with E-state index in [0.29, 0.717) is 10.6 Å². The highest BCUT2D eigenvalue weighted by molar-refractivity contribution is 6.30. The molecule has 1 amide bonds. The van der Waals surface area contributed by atoms with E-state index in [-0.39, 0.29) is 5.91 Å². The molecule has 1 aromatic heterocycles. The Hall–Kier alpha value is -2.26. The fraction of sp³-hybridized carbons (Fsp3) is 0.0625. The van der Waals surface area contributed by atoms with Crippen molar-refractivity contribution in [3.63, 3.8) is 0 Å².